The van der Waals surface area contributed by atoms with Crippen molar-refractivity contribution in [3.8, 4) is 5.75 Å². The molecule has 1 aromatic heterocycles. The normalized spacial score (nSPS) is 11.9. The summed E-state index contributed by atoms with van der Waals surface area (Å²) in [6.45, 7) is 6.18. The Kier molecular flexibility index (Phi) is 2.81. The number of phenolic OH excluding ortho intramolecular Hbond substituents is 1. The van der Waals surface area contributed by atoms with Crippen LogP contribution < -0.4 is 0 Å². The van der Waals surface area contributed by atoms with Crippen molar-refractivity contribution in [2.45, 2.75) is 32.7 Å². The summed E-state index contributed by atoms with van der Waals surface area (Å²) in [5.74, 6) is -0.716. The molecule has 18 heavy (non-hydrogen) atoms. The third-order valence-electron chi connectivity index (χ3n) is 2.93. The molecule has 4 heteroatoms. The number of aliphatic carboxylic acids is 1. The molecule has 2 aromatic rings. The van der Waals surface area contributed by atoms with Crippen LogP contribution in [0.25, 0.3) is 10.9 Å². The summed E-state index contributed by atoms with van der Waals surface area (Å²) < 4.78 is 2.04. The molecule has 96 valence electrons. The molecule has 0 radical (unpaired) electrons. The number of hydrogen-bond acceptors (Lipinski definition) is 2. The summed E-state index contributed by atoms with van der Waals surface area (Å²) in [5.41, 5.74) is 1.53. The Bertz CT molecular complexity index is 605. The first-order valence-electron chi connectivity index (χ1n) is 5.84. The maximum atomic E-state index is 10.9. The van der Waals surface area contributed by atoms with Gasteiger partial charge < -0.3 is 14.8 Å². The Morgan fingerprint density at radius 2 is 2.00 bits per heavy atom. The topological polar surface area (TPSA) is 62.5 Å². The smallest absolute Gasteiger partial charge is 0.307 e. The summed E-state index contributed by atoms with van der Waals surface area (Å²) in [6, 6.07) is 5.06. The number of fused-ring (bicyclic) bond motifs is 1. The summed E-state index contributed by atoms with van der Waals surface area (Å²) in [7, 11) is 0. The van der Waals surface area contributed by atoms with Gasteiger partial charge in [0.15, 0.2) is 0 Å². The van der Waals surface area contributed by atoms with E-state index >= 15 is 0 Å². The fourth-order valence-electron chi connectivity index (χ4n) is 2.15. The van der Waals surface area contributed by atoms with E-state index in [1.54, 1.807) is 12.1 Å². The largest absolute Gasteiger partial charge is 0.508 e. The molecule has 2 rings (SSSR count). The molecule has 2 N–H and O–H groups in total. The number of carboxylic acid groups (broad SMARTS) is 1. The fourth-order valence-corrected chi connectivity index (χ4v) is 2.15. The van der Waals surface area contributed by atoms with Crippen LogP contribution in [0.2, 0.25) is 0 Å². The molecule has 0 aliphatic rings. The second kappa shape index (κ2) is 4.05. The number of rotatable bonds is 2. The molecule has 0 saturated carbocycles. The van der Waals surface area contributed by atoms with Crippen LogP contribution in [-0.2, 0) is 16.8 Å². The predicted molar refractivity (Wildman–Crippen MR) is 69.9 cm³/mol. The van der Waals surface area contributed by atoms with E-state index in [1.807, 2.05) is 16.8 Å². The minimum Gasteiger partial charge on any atom is -0.508 e. The van der Waals surface area contributed by atoms with Crippen LogP contribution in [0.15, 0.2) is 24.4 Å². The molecule has 0 aliphatic heterocycles. The van der Waals surface area contributed by atoms with Crippen molar-refractivity contribution >= 4 is 16.9 Å². The fraction of sp³-hybridized carbons (Fsp3) is 0.357. The zero-order valence-electron chi connectivity index (χ0n) is 10.8. The van der Waals surface area contributed by atoms with Gasteiger partial charge in [-0.05, 0) is 44.5 Å². The number of aromatic hydroxyl groups is 1. The zero-order chi connectivity index (χ0) is 13.5. The van der Waals surface area contributed by atoms with Crippen LogP contribution in [0.5, 0.6) is 5.75 Å². The van der Waals surface area contributed by atoms with E-state index in [0.29, 0.717) is 0 Å². The molecule has 0 fully saturated rings. The first-order valence-corrected chi connectivity index (χ1v) is 5.84. The highest BCUT2D eigenvalue weighted by molar-refractivity contribution is 5.88. The van der Waals surface area contributed by atoms with Gasteiger partial charge in [0.1, 0.15) is 5.75 Å². The number of nitrogens with zero attached hydrogens (tertiary/aromatic N) is 1. The maximum absolute atomic E-state index is 10.9. The highest BCUT2D eigenvalue weighted by Crippen LogP contribution is 2.30. The second-order valence-corrected chi connectivity index (χ2v) is 5.47. The molecular weight excluding hydrogens is 230 g/mol. The summed E-state index contributed by atoms with van der Waals surface area (Å²) >= 11 is 0. The SMILES string of the molecule is CC(C)(C)n1cc(CC(=O)O)c2cc(O)ccc21. The van der Waals surface area contributed by atoms with Gasteiger partial charge in [-0.3, -0.25) is 4.79 Å². The second-order valence-electron chi connectivity index (χ2n) is 5.47. The van der Waals surface area contributed by atoms with Crippen molar-refractivity contribution in [1.29, 1.82) is 0 Å². The van der Waals surface area contributed by atoms with Crippen LogP contribution in [-0.4, -0.2) is 20.7 Å². The van der Waals surface area contributed by atoms with Crippen molar-refractivity contribution in [1.82, 2.24) is 4.57 Å². The first kappa shape index (κ1) is 12.5. The number of hydrogen-bond donors (Lipinski definition) is 2. The Morgan fingerprint density at radius 3 is 2.56 bits per heavy atom. The quantitative estimate of drug-likeness (QED) is 0.857. The van der Waals surface area contributed by atoms with Gasteiger partial charge in [-0.2, -0.15) is 0 Å². The van der Waals surface area contributed by atoms with E-state index < -0.39 is 5.97 Å². The predicted octanol–water partition coefficient (Wildman–Crippen LogP) is 2.73. The van der Waals surface area contributed by atoms with E-state index in [0.717, 1.165) is 16.5 Å². The Labute approximate surface area is 105 Å². The number of carboxylic acids is 1. The minimum absolute atomic E-state index is 0.0387. The first-order chi connectivity index (χ1) is 8.29. The Hall–Kier alpha value is -1.97. The lowest BCUT2D eigenvalue weighted by atomic mass is 10.1. The molecule has 0 atom stereocenters. The van der Waals surface area contributed by atoms with Crippen molar-refractivity contribution < 1.29 is 15.0 Å². The third-order valence-corrected chi connectivity index (χ3v) is 2.93. The van der Waals surface area contributed by atoms with Gasteiger partial charge in [0.25, 0.3) is 0 Å². The van der Waals surface area contributed by atoms with Gasteiger partial charge >= 0.3 is 5.97 Å². The van der Waals surface area contributed by atoms with Gasteiger partial charge in [-0.15, -0.1) is 0 Å². The van der Waals surface area contributed by atoms with Crippen molar-refractivity contribution in [3.63, 3.8) is 0 Å². The highest BCUT2D eigenvalue weighted by atomic mass is 16.4. The van der Waals surface area contributed by atoms with Gasteiger partial charge in [-0.1, -0.05) is 0 Å². The van der Waals surface area contributed by atoms with Crippen molar-refractivity contribution in [2.75, 3.05) is 0 Å². The summed E-state index contributed by atoms with van der Waals surface area (Å²) in [5, 5.41) is 19.3. The van der Waals surface area contributed by atoms with Gasteiger partial charge in [0, 0.05) is 22.6 Å². The van der Waals surface area contributed by atoms with Gasteiger partial charge in [0.05, 0.1) is 6.42 Å². The van der Waals surface area contributed by atoms with Crippen LogP contribution in [0.1, 0.15) is 26.3 Å². The number of benzene rings is 1. The van der Waals surface area contributed by atoms with E-state index in [9.17, 15) is 9.90 Å². The molecule has 0 spiro atoms. The molecule has 1 aromatic carbocycles. The number of carbonyl (C=O) groups is 1. The maximum Gasteiger partial charge on any atom is 0.307 e. The van der Waals surface area contributed by atoms with Gasteiger partial charge in [-0.25, -0.2) is 0 Å². The van der Waals surface area contributed by atoms with Crippen molar-refractivity contribution in [2.24, 2.45) is 0 Å². The monoisotopic (exact) mass is 247 g/mol. The van der Waals surface area contributed by atoms with E-state index in [2.05, 4.69) is 20.8 Å². The zero-order valence-corrected chi connectivity index (χ0v) is 10.8. The molecule has 0 amide bonds. The van der Waals surface area contributed by atoms with Crippen molar-refractivity contribution in [3.05, 3.63) is 30.0 Å². The molecular formula is C14H17NO3. The lowest BCUT2D eigenvalue weighted by Crippen LogP contribution is -2.20. The number of aromatic nitrogens is 1. The average Bonchev–Trinajstić information content (AvgIpc) is 2.55. The standard InChI is InChI=1S/C14H17NO3/c1-14(2,3)15-8-9(6-13(17)18)11-7-10(16)4-5-12(11)15/h4-5,7-8,16H,6H2,1-3H3,(H,17,18). The molecule has 1 heterocycles. The van der Waals surface area contributed by atoms with Crippen LogP contribution in [0.3, 0.4) is 0 Å². The molecule has 0 aliphatic carbocycles. The Morgan fingerprint density at radius 1 is 1.33 bits per heavy atom. The number of phenols is 1. The lowest BCUT2D eigenvalue weighted by molar-refractivity contribution is -0.136. The van der Waals surface area contributed by atoms with Crippen LogP contribution in [0.4, 0.5) is 0 Å². The van der Waals surface area contributed by atoms with E-state index in [1.165, 1.54) is 0 Å². The average molecular weight is 247 g/mol. The Balaban J connectivity index is 2.71. The minimum atomic E-state index is -0.869. The molecule has 0 bridgehead atoms. The summed E-state index contributed by atoms with van der Waals surface area (Å²) in [4.78, 5) is 10.9. The molecule has 4 nitrogen and oxygen atoms in total. The van der Waals surface area contributed by atoms with Gasteiger partial charge in [0.2, 0.25) is 0 Å². The highest BCUT2D eigenvalue weighted by Gasteiger charge is 2.19. The lowest BCUT2D eigenvalue weighted by Gasteiger charge is -2.22. The molecule has 0 saturated heterocycles. The van der Waals surface area contributed by atoms with E-state index in [-0.39, 0.29) is 17.7 Å². The van der Waals surface area contributed by atoms with E-state index in [4.69, 9.17) is 5.11 Å². The van der Waals surface area contributed by atoms with Crippen LogP contribution in [0, 0.1) is 0 Å². The molecule has 0 unspecified atom stereocenters. The third kappa shape index (κ3) is 2.18. The summed E-state index contributed by atoms with van der Waals surface area (Å²) in [6.07, 6.45) is 1.82. The van der Waals surface area contributed by atoms with Crippen LogP contribution >= 0.6 is 0 Å².